The smallest absolute Gasteiger partial charge is 0.417 e. The summed E-state index contributed by atoms with van der Waals surface area (Å²) in [7, 11) is -5.24. The van der Waals surface area contributed by atoms with E-state index in [1.807, 2.05) is 0 Å². The molecular weight excluding hydrogens is 616 g/mol. The Bertz CT molecular complexity index is 1480. The van der Waals surface area contributed by atoms with Crippen LogP contribution >= 0.6 is 0 Å². The highest BCUT2D eigenvalue weighted by molar-refractivity contribution is 7.89. The molecule has 44 heavy (non-hydrogen) atoms. The minimum atomic E-state index is -5.24. The van der Waals surface area contributed by atoms with Crippen molar-refractivity contribution >= 4 is 21.9 Å². The quantitative estimate of drug-likeness (QED) is 0.239. The average molecular weight is 654 g/mol. The maximum absolute atomic E-state index is 14.2. The van der Waals surface area contributed by atoms with Crippen LogP contribution in [0.2, 0.25) is 0 Å². The zero-order valence-corrected chi connectivity index (χ0v) is 25.6. The molecule has 0 saturated heterocycles. The van der Waals surface area contributed by atoms with Crippen molar-refractivity contribution in [2.45, 2.75) is 96.1 Å². The largest absolute Gasteiger partial charge is 0.481 e. The predicted octanol–water partition coefficient (Wildman–Crippen LogP) is 6.52. The molecule has 1 aromatic heterocycles. The summed E-state index contributed by atoms with van der Waals surface area (Å²) in [6, 6.07) is 1.01. The highest BCUT2D eigenvalue weighted by Gasteiger charge is 2.42. The van der Waals surface area contributed by atoms with Crippen molar-refractivity contribution in [2.24, 2.45) is 11.3 Å². The van der Waals surface area contributed by atoms with Gasteiger partial charge in [-0.1, -0.05) is 25.3 Å². The van der Waals surface area contributed by atoms with E-state index in [0.29, 0.717) is 31.3 Å². The number of amides is 1. The van der Waals surface area contributed by atoms with Gasteiger partial charge in [0.25, 0.3) is 5.91 Å². The molecule has 8 nitrogen and oxygen atoms in total. The number of halogens is 6. The standard InChI is InChI=1S/C29H37F6N3O5S/c1-17-21(25(39)36-13-12-27(3,4)26(40)41)15-23(38(17)16-19-8-6-5-7-9-19)20-10-11-24(22(14-20)29(33,34)35)44(42,43)37-18(2)28(30,31)32/h10-11,14-15,18-19,37H,5-9,12-13,16H2,1-4H3,(H,36,39)(H,40,41)/t18-/m0/s1. The normalized spacial score (nSPS) is 16.1. The molecule has 0 bridgehead atoms. The Hall–Kier alpha value is -3.07. The molecule has 3 rings (SSSR count). The maximum Gasteiger partial charge on any atom is 0.417 e. The van der Waals surface area contributed by atoms with Crippen molar-refractivity contribution in [2.75, 3.05) is 6.54 Å². The fourth-order valence-corrected chi connectivity index (χ4v) is 6.61. The number of nitrogens with one attached hydrogen (secondary N) is 2. The predicted molar refractivity (Wildman–Crippen MR) is 150 cm³/mol. The van der Waals surface area contributed by atoms with Crippen LogP contribution in [0.25, 0.3) is 11.3 Å². The van der Waals surface area contributed by atoms with Crippen LogP contribution in [0.15, 0.2) is 29.2 Å². The van der Waals surface area contributed by atoms with Gasteiger partial charge in [0.1, 0.15) is 6.04 Å². The summed E-state index contributed by atoms with van der Waals surface area (Å²) in [5.74, 6) is -1.43. The van der Waals surface area contributed by atoms with Gasteiger partial charge in [-0.25, -0.2) is 8.42 Å². The number of hydrogen-bond donors (Lipinski definition) is 3. The van der Waals surface area contributed by atoms with E-state index < -0.39 is 56.2 Å². The number of carbonyl (C=O) groups excluding carboxylic acids is 1. The number of benzene rings is 1. The number of carbonyl (C=O) groups is 2. The van der Waals surface area contributed by atoms with E-state index >= 15 is 0 Å². The highest BCUT2D eigenvalue weighted by atomic mass is 32.2. The van der Waals surface area contributed by atoms with Crippen LogP contribution < -0.4 is 10.0 Å². The number of alkyl halides is 6. The van der Waals surface area contributed by atoms with E-state index in [4.69, 9.17) is 0 Å². The van der Waals surface area contributed by atoms with Crippen molar-refractivity contribution in [1.82, 2.24) is 14.6 Å². The summed E-state index contributed by atoms with van der Waals surface area (Å²) in [5, 5.41) is 12.0. The summed E-state index contributed by atoms with van der Waals surface area (Å²) >= 11 is 0. The SMILES string of the molecule is Cc1c(C(=O)NCCC(C)(C)C(=O)O)cc(-c2ccc(S(=O)(=O)N[C@@H](C)C(F)(F)F)c(C(F)(F)F)c2)n1CC1CCCCC1. The van der Waals surface area contributed by atoms with Crippen molar-refractivity contribution in [3.05, 3.63) is 41.1 Å². The van der Waals surface area contributed by atoms with Crippen molar-refractivity contribution in [3.8, 4) is 11.3 Å². The second kappa shape index (κ2) is 13.1. The zero-order valence-electron chi connectivity index (χ0n) is 24.8. The molecule has 0 aliphatic heterocycles. The van der Waals surface area contributed by atoms with Gasteiger partial charge in [-0.15, -0.1) is 0 Å². The molecule has 1 atom stereocenters. The molecule has 2 aromatic rings. The molecule has 1 aromatic carbocycles. The fourth-order valence-electron chi connectivity index (χ4n) is 5.18. The lowest BCUT2D eigenvalue weighted by atomic mass is 9.89. The van der Waals surface area contributed by atoms with E-state index in [2.05, 4.69) is 5.32 Å². The van der Waals surface area contributed by atoms with Crippen molar-refractivity contribution in [3.63, 3.8) is 0 Å². The number of hydrogen-bond acceptors (Lipinski definition) is 4. The Balaban J connectivity index is 2.08. The van der Waals surface area contributed by atoms with Crippen LogP contribution in [-0.2, 0) is 27.5 Å². The van der Waals surface area contributed by atoms with E-state index in [9.17, 15) is 49.5 Å². The van der Waals surface area contributed by atoms with Gasteiger partial charge < -0.3 is 15.0 Å². The summed E-state index contributed by atoms with van der Waals surface area (Å²) < 4.78 is 110. The molecule has 15 heteroatoms. The molecular formula is C29H37F6N3O5S. The van der Waals surface area contributed by atoms with E-state index in [-0.39, 0.29) is 35.7 Å². The number of rotatable bonds is 11. The highest BCUT2D eigenvalue weighted by Crippen LogP contribution is 2.39. The minimum Gasteiger partial charge on any atom is -0.481 e. The van der Waals surface area contributed by atoms with Gasteiger partial charge in [0.2, 0.25) is 10.0 Å². The number of sulfonamides is 1. The first-order valence-corrected chi connectivity index (χ1v) is 15.7. The number of carboxylic acids is 1. The minimum absolute atomic E-state index is 0.0227. The lowest BCUT2D eigenvalue weighted by Crippen LogP contribution is -2.43. The summed E-state index contributed by atoms with van der Waals surface area (Å²) in [4.78, 5) is 23.2. The molecule has 246 valence electrons. The second-order valence-corrected chi connectivity index (χ2v) is 13.6. The van der Waals surface area contributed by atoms with Crippen LogP contribution in [0.5, 0.6) is 0 Å². The van der Waals surface area contributed by atoms with Gasteiger partial charge in [0.05, 0.1) is 21.4 Å². The lowest BCUT2D eigenvalue weighted by Gasteiger charge is -2.25. The molecule has 3 N–H and O–H groups in total. The van der Waals surface area contributed by atoms with Crippen molar-refractivity contribution < 1.29 is 49.5 Å². The summed E-state index contributed by atoms with van der Waals surface area (Å²) in [5.41, 5.74) is -2.04. The molecule has 0 unspecified atom stereocenters. The van der Waals surface area contributed by atoms with Gasteiger partial charge >= 0.3 is 18.3 Å². The van der Waals surface area contributed by atoms with Crippen LogP contribution in [0.1, 0.15) is 80.9 Å². The van der Waals surface area contributed by atoms with Gasteiger partial charge in [0.15, 0.2) is 0 Å². The van der Waals surface area contributed by atoms with Gasteiger partial charge in [0, 0.05) is 24.5 Å². The molecule has 1 fully saturated rings. The molecule has 0 spiro atoms. The van der Waals surface area contributed by atoms with Crippen LogP contribution in [0, 0.1) is 18.3 Å². The third kappa shape index (κ3) is 8.34. The van der Waals surface area contributed by atoms with Crippen LogP contribution in [0.3, 0.4) is 0 Å². The topological polar surface area (TPSA) is 118 Å². The Morgan fingerprint density at radius 3 is 2.20 bits per heavy atom. The third-order valence-corrected chi connectivity index (χ3v) is 9.68. The Kier molecular flexibility index (Phi) is 10.6. The molecule has 1 saturated carbocycles. The van der Waals surface area contributed by atoms with Gasteiger partial charge in [-0.2, -0.15) is 31.1 Å². The van der Waals surface area contributed by atoms with E-state index in [1.54, 1.807) is 11.5 Å². The first kappa shape index (κ1) is 35.4. The molecule has 1 aliphatic carbocycles. The van der Waals surface area contributed by atoms with Crippen molar-refractivity contribution in [1.29, 1.82) is 0 Å². The first-order chi connectivity index (χ1) is 20.1. The number of nitrogens with zero attached hydrogens (tertiary/aromatic N) is 1. The Morgan fingerprint density at radius 1 is 1.05 bits per heavy atom. The Labute approximate surface area is 252 Å². The first-order valence-electron chi connectivity index (χ1n) is 14.2. The van der Waals surface area contributed by atoms with Gasteiger partial charge in [-0.05, 0) is 76.6 Å². The van der Waals surface area contributed by atoms with Crippen LogP contribution in [-0.4, -0.2) is 48.7 Å². The molecule has 1 aliphatic rings. The third-order valence-electron chi connectivity index (χ3n) is 8.08. The molecule has 0 radical (unpaired) electrons. The van der Waals surface area contributed by atoms with Gasteiger partial charge in [-0.3, -0.25) is 9.59 Å². The monoisotopic (exact) mass is 653 g/mol. The molecule has 1 amide bonds. The lowest BCUT2D eigenvalue weighted by molar-refractivity contribution is -0.147. The Morgan fingerprint density at radius 2 is 1.66 bits per heavy atom. The average Bonchev–Trinajstić information content (AvgIpc) is 3.23. The second-order valence-electron chi connectivity index (χ2n) is 11.9. The van der Waals surface area contributed by atoms with E-state index in [1.165, 1.54) is 24.6 Å². The summed E-state index contributed by atoms with van der Waals surface area (Å²) in [6.07, 6.45) is -5.40. The number of carboxylic acid groups (broad SMARTS) is 1. The summed E-state index contributed by atoms with van der Waals surface area (Å²) in [6.45, 7) is 5.53. The molecule has 1 heterocycles. The number of aliphatic carboxylic acids is 1. The fraction of sp³-hybridized carbons (Fsp3) is 0.586. The van der Waals surface area contributed by atoms with Crippen LogP contribution in [0.4, 0.5) is 26.3 Å². The van der Waals surface area contributed by atoms with E-state index in [0.717, 1.165) is 38.2 Å². The zero-order chi connectivity index (χ0) is 33.3. The number of aromatic nitrogens is 1. The maximum atomic E-state index is 14.2.